The molecule has 3 heteroatoms. The Hall–Kier alpha value is -2.00. The Morgan fingerprint density at radius 1 is 1.05 bits per heavy atom. The number of para-hydroxylation sites is 1. The molecule has 1 aliphatic rings. The van der Waals surface area contributed by atoms with Crippen LogP contribution in [0.15, 0.2) is 66.4 Å². The van der Waals surface area contributed by atoms with Crippen LogP contribution in [0.4, 0.5) is 5.69 Å². The van der Waals surface area contributed by atoms with Gasteiger partial charge in [-0.1, -0.05) is 36.4 Å². The highest BCUT2D eigenvalue weighted by molar-refractivity contribution is 5.42. The Morgan fingerprint density at radius 2 is 1.79 bits per heavy atom. The molecular weight excluding hydrogens is 234 g/mol. The molecule has 19 heavy (non-hydrogen) atoms. The quantitative estimate of drug-likeness (QED) is 0.708. The summed E-state index contributed by atoms with van der Waals surface area (Å²) in [5.41, 5.74) is 7.89. The molecule has 0 aromatic heterocycles. The maximum atomic E-state index is 6.02. The fourth-order valence-electron chi connectivity index (χ4n) is 1.83. The molecule has 1 aromatic rings. The minimum absolute atomic E-state index is 0.359. The lowest BCUT2D eigenvalue weighted by Gasteiger charge is -2.13. The van der Waals surface area contributed by atoms with Gasteiger partial charge in [-0.05, 0) is 31.2 Å². The van der Waals surface area contributed by atoms with E-state index in [4.69, 9.17) is 5.73 Å². The zero-order chi connectivity index (χ0) is 13.6. The van der Waals surface area contributed by atoms with Crippen molar-refractivity contribution in [1.29, 1.82) is 0 Å². The van der Waals surface area contributed by atoms with Crippen LogP contribution in [0.2, 0.25) is 0 Å². The molecule has 3 nitrogen and oxygen atoms in total. The fraction of sp³-hybridized carbons (Fsp3) is 0.250. The molecular formula is C16H21N3. The summed E-state index contributed by atoms with van der Waals surface area (Å²) >= 11 is 0. The number of nitrogens with one attached hydrogen (secondary N) is 2. The van der Waals surface area contributed by atoms with Gasteiger partial charge in [0, 0.05) is 24.5 Å². The van der Waals surface area contributed by atoms with E-state index in [-0.39, 0.29) is 5.54 Å². The fourth-order valence-corrected chi connectivity index (χ4v) is 1.83. The third-order valence-corrected chi connectivity index (χ3v) is 2.91. The molecule has 1 aliphatic carbocycles. The van der Waals surface area contributed by atoms with Gasteiger partial charge in [-0.25, -0.2) is 0 Å². The molecule has 0 radical (unpaired) electrons. The molecule has 0 saturated carbocycles. The van der Waals surface area contributed by atoms with Crippen molar-refractivity contribution in [3.63, 3.8) is 0 Å². The number of anilines is 1. The summed E-state index contributed by atoms with van der Waals surface area (Å²) in [4.78, 5) is 0. The first-order chi connectivity index (χ1) is 9.16. The Bertz CT molecular complexity index is 484. The van der Waals surface area contributed by atoms with Gasteiger partial charge in [-0.15, -0.1) is 0 Å². The lowest BCUT2D eigenvalue weighted by molar-refractivity contribution is 0.734. The number of hydrogen-bond acceptors (Lipinski definition) is 3. The van der Waals surface area contributed by atoms with Crippen LogP contribution >= 0.6 is 0 Å². The van der Waals surface area contributed by atoms with Crippen molar-refractivity contribution in [2.24, 2.45) is 5.73 Å². The van der Waals surface area contributed by atoms with Crippen LogP contribution in [0.1, 0.15) is 6.92 Å². The van der Waals surface area contributed by atoms with Crippen molar-refractivity contribution in [2.75, 3.05) is 18.4 Å². The van der Waals surface area contributed by atoms with Gasteiger partial charge in [0.25, 0.3) is 0 Å². The largest absolute Gasteiger partial charge is 0.383 e. The van der Waals surface area contributed by atoms with E-state index in [1.807, 2.05) is 55.5 Å². The van der Waals surface area contributed by atoms with E-state index in [9.17, 15) is 0 Å². The highest BCUT2D eigenvalue weighted by Gasteiger charge is 2.10. The summed E-state index contributed by atoms with van der Waals surface area (Å²) in [6.07, 6.45) is 10.0. The topological polar surface area (TPSA) is 50.1 Å². The average Bonchev–Trinajstić information content (AvgIpc) is 2.57. The molecule has 0 aliphatic heterocycles. The Kier molecular flexibility index (Phi) is 4.42. The highest BCUT2D eigenvalue weighted by atomic mass is 14.9. The van der Waals surface area contributed by atoms with Crippen molar-refractivity contribution in [3.8, 4) is 0 Å². The second kappa shape index (κ2) is 6.25. The molecule has 0 saturated heterocycles. The smallest absolute Gasteiger partial charge is 0.0503 e. The SMILES string of the molecule is CC1(N)C=CC=C(NCCNc2ccccc2)C=C1. The van der Waals surface area contributed by atoms with Crippen LogP contribution in [0.5, 0.6) is 0 Å². The molecule has 1 unspecified atom stereocenters. The lowest BCUT2D eigenvalue weighted by Crippen LogP contribution is -2.30. The zero-order valence-electron chi connectivity index (χ0n) is 11.3. The Morgan fingerprint density at radius 3 is 2.58 bits per heavy atom. The minimum atomic E-state index is -0.359. The molecule has 1 atom stereocenters. The first kappa shape index (κ1) is 13.4. The number of rotatable bonds is 5. The Labute approximate surface area is 114 Å². The van der Waals surface area contributed by atoms with E-state index >= 15 is 0 Å². The summed E-state index contributed by atoms with van der Waals surface area (Å²) < 4.78 is 0. The van der Waals surface area contributed by atoms with Crippen molar-refractivity contribution < 1.29 is 0 Å². The molecule has 0 bridgehead atoms. The molecule has 0 spiro atoms. The van der Waals surface area contributed by atoms with E-state index in [0.29, 0.717) is 0 Å². The summed E-state index contributed by atoms with van der Waals surface area (Å²) in [6.45, 7) is 3.72. The predicted molar refractivity (Wildman–Crippen MR) is 81.9 cm³/mol. The summed E-state index contributed by atoms with van der Waals surface area (Å²) in [7, 11) is 0. The minimum Gasteiger partial charge on any atom is -0.383 e. The third kappa shape index (κ3) is 4.64. The van der Waals surface area contributed by atoms with E-state index in [2.05, 4.69) is 22.8 Å². The average molecular weight is 255 g/mol. The van der Waals surface area contributed by atoms with Gasteiger partial charge in [-0.3, -0.25) is 0 Å². The second-order valence-corrected chi connectivity index (χ2v) is 4.90. The molecule has 100 valence electrons. The zero-order valence-corrected chi connectivity index (χ0v) is 11.3. The first-order valence-corrected chi connectivity index (χ1v) is 6.56. The van der Waals surface area contributed by atoms with E-state index < -0.39 is 0 Å². The van der Waals surface area contributed by atoms with Crippen LogP contribution in [0.25, 0.3) is 0 Å². The van der Waals surface area contributed by atoms with Gasteiger partial charge in [0.05, 0.1) is 5.54 Å². The van der Waals surface area contributed by atoms with Crippen molar-refractivity contribution >= 4 is 5.69 Å². The van der Waals surface area contributed by atoms with Gasteiger partial charge >= 0.3 is 0 Å². The van der Waals surface area contributed by atoms with Gasteiger partial charge in [-0.2, -0.15) is 0 Å². The van der Waals surface area contributed by atoms with Gasteiger partial charge in [0.15, 0.2) is 0 Å². The molecule has 0 heterocycles. The van der Waals surface area contributed by atoms with Crippen molar-refractivity contribution in [3.05, 3.63) is 66.4 Å². The van der Waals surface area contributed by atoms with E-state index in [1.54, 1.807) is 0 Å². The second-order valence-electron chi connectivity index (χ2n) is 4.90. The molecule has 0 fully saturated rings. The number of allylic oxidation sites excluding steroid dienone is 3. The van der Waals surface area contributed by atoms with Crippen molar-refractivity contribution in [1.82, 2.24) is 5.32 Å². The summed E-state index contributed by atoms with van der Waals surface area (Å²) in [5, 5.41) is 6.73. The van der Waals surface area contributed by atoms with E-state index in [0.717, 1.165) is 24.5 Å². The summed E-state index contributed by atoms with van der Waals surface area (Å²) in [5.74, 6) is 0. The molecule has 2 rings (SSSR count). The van der Waals surface area contributed by atoms with Gasteiger partial charge < -0.3 is 16.4 Å². The number of nitrogens with two attached hydrogens (primary N) is 1. The van der Waals surface area contributed by atoms with Crippen LogP contribution in [-0.2, 0) is 0 Å². The maximum Gasteiger partial charge on any atom is 0.0503 e. The standard InChI is InChI=1S/C16H21N3/c1-16(17)10-5-8-15(9-11-16)19-13-12-18-14-6-3-2-4-7-14/h2-11,18-19H,12-13,17H2,1H3. The van der Waals surface area contributed by atoms with Crippen molar-refractivity contribution in [2.45, 2.75) is 12.5 Å². The van der Waals surface area contributed by atoms with Gasteiger partial charge in [0.2, 0.25) is 0 Å². The lowest BCUT2D eigenvalue weighted by atomic mass is 10.0. The first-order valence-electron chi connectivity index (χ1n) is 6.56. The molecule has 4 N–H and O–H groups in total. The van der Waals surface area contributed by atoms with Crippen LogP contribution in [0, 0.1) is 0 Å². The highest BCUT2D eigenvalue weighted by Crippen LogP contribution is 2.10. The molecule has 1 aromatic carbocycles. The number of benzene rings is 1. The Balaban J connectivity index is 1.75. The maximum absolute atomic E-state index is 6.02. The monoisotopic (exact) mass is 255 g/mol. The summed E-state index contributed by atoms with van der Waals surface area (Å²) in [6, 6.07) is 10.2. The van der Waals surface area contributed by atoms with Crippen LogP contribution in [0.3, 0.4) is 0 Å². The van der Waals surface area contributed by atoms with Crippen LogP contribution in [-0.4, -0.2) is 18.6 Å². The molecule has 0 amide bonds. The van der Waals surface area contributed by atoms with Gasteiger partial charge in [0.1, 0.15) is 0 Å². The van der Waals surface area contributed by atoms with E-state index in [1.165, 1.54) is 0 Å². The number of hydrogen-bond donors (Lipinski definition) is 3. The normalized spacial score (nSPS) is 21.7. The predicted octanol–water partition coefficient (Wildman–Crippen LogP) is 2.42. The third-order valence-electron chi connectivity index (χ3n) is 2.91. The van der Waals surface area contributed by atoms with Crippen LogP contribution < -0.4 is 16.4 Å².